The Morgan fingerprint density at radius 1 is 1.20 bits per heavy atom. The molecule has 3 rings (SSSR count). The summed E-state index contributed by atoms with van der Waals surface area (Å²) in [6, 6.07) is 10.9. The summed E-state index contributed by atoms with van der Waals surface area (Å²) in [4.78, 5) is 4.48. The number of rotatable bonds is 5. The molecule has 0 bridgehead atoms. The van der Waals surface area contributed by atoms with E-state index in [0.29, 0.717) is 6.04 Å². The van der Waals surface area contributed by atoms with Gasteiger partial charge in [0, 0.05) is 18.9 Å². The Morgan fingerprint density at radius 3 is 2.90 bits per heavy atom. The van der Waals surface area contributed by atoms with Crippen molar-refractivity contribution >= 4 is 0 Å². The standard InChI is InChI=1S/C16H21N3O/c1-2-6-13(7-3-1)12-15-18-16(20-19-15)10-9-14-8-4-5-11-17-14/h1-3,6-7,14,17H,4-5,8-12H2. The van der Waals surface area contributed by atoms with Gasteiger partial charge >= 0.3 is 0 Å². The zero-order valence-electron chi connectivity index (χ0n) is 11.7. The molecule has 0 spiro atoms. The highest BCUT2D eigenvalue weighted by Crippen LogP contribution is 2.13. The van der Waals surface area contributed by atoms with Gasteiger partial charge in [0.25, 0.3) is 0 Å². The van der Waals surface area contributed by atoms with E-state index in [2.05, 4.69) is 27.6 Å². The van der Waals surface area contributed by atoms with E-state index in [-0.39, 0.29) is 0 Å². The first-order valence-electron chi connectivity index (χ1n) is 7.49. The first kappa shape index (κ1) is 13.3. The first-order chi connectivity index (χ1) is 9.90. The van der Waals surface area contributed by atoms with Crippen molar-refractivity contribution in [2.45, 2.75) is 44.6 Å². The minimum atomic E-state index is 0.619. The van der Waals surface area contributed by atoms with Gasteiger partial charge in [-0.3, -0.25) is 0 Å². The summed E-state index contributed by atoms with van der Waals surface area (Å²) >= 11 is 0. The van der Waals surface area contributed by atoms with Gasteiger partial charge in [0.15, 0.2) is 5.82 Å². The van der Waals surface area contributed by atoms with Gasteiger partial charge < -0.3 is 9.84 Å². The second kappa shape index (κ2) is 6.66. The fraction of sp³-hybridized carbons (Fsp3) is 0.500. The fourth-order valence-corrected chi connectivity index (χ4v) is 2.71. The average molecular weight is 271 g/mol. The third-order valence-electron chi connectivity index (χ3n) is 3.83. The summed E-state index contributed by atoms with van der Waals surface area (Å²) in [6.45, 7) is 1.15. The van der Waals surface area contributed by atoms with Crippen LogP contribution in [0.2, 0.25) is 0 Å². The molecule has 4 heteroatoms. The predicted octanol–water partition coefficient (Wildman–Crippen LogP) is 2.74. The Morgan fingerprint density at radius 2 is 2.10 bits per heavy atom. The lowest BCUT2D eigenvalue weighted by molar-refractivity contribution is 0.341. The lowest BCUT2D eigenvalue weighted by Gasteiger charge is -2.22. The number of piperidine rings is 1. The molecule has 1 aromatic heterocycles. The number of nitrogens with one attached hydrogen (secondary N) is 1. The molecule has 0 radical (unpaired) electrons. The van der Waals surface area contributed by atoms with Gasteiger partial charge in [-0.15, -0.1) is 0 Å². The van der Waals surface area contributed by atoms with Gasteiger partial charge in [-0.05, 0) is 31.4 Å². The van der Waals surface area contributed by atoms with Crippen LogP contribution in [-0.4, -0.2) is 22.7 Å². The number of aromatic nitrogens is 2. The van der Waals surface area contributed by atoms with E-state index in [0.717, 1.165) is 37.5 Å². The third kappa shape index (κ3) is 3.67. The largest absolute Gasteiger partial charge is 0.339 e. The molecule has 1 N–H and O–H groups in total. The third-order valence-corrected chi connectivity index (χ3v) is 3.83. The van der Waals surface area contributed by atoms with E-state index in [9.17, 15) is 0 Å². The zero-order valence-corrected chi connectivity index (χ0v) is 11.7. The number of nitrogens with zero attached hydrogens (tertiary/aromatic N) is 2. The van der Waals surface area contributed by atoms with Crippen molar-refractivity contribution in [2.75, 3.05) is 6.54 Å². The summed E-state index contributed by atoms with van der Waals surface area (Å²) in [5.41, 5.74) is 1.22. The van der Waals surface area contributed by atoms with Gasteiger partial charge in [-0.2, -0.15) is 4.98 Å². The van der Waals surface area contributed by atoms with E-state index >= 15 is 0 Å². The molecule has 1 unspecified atom stereocenters. The lowest BCUT2D eigenvalue weighted by Crippen LogP contribution is -2.34. The van der Waals surface area contributed by atoms with Crippen LogP contribution in [0.25, 0.3) is 0 Å². The Hall–Kier alpha value is -1.68. The van der Waals surface area contributed by atoms with E-state index < -0.39 is 0 Å². The molecule has 1 atom stereocenters. The topological polar surface area (TPSA) is 51.0 Å². The number of hydrogen-bond acceptors (Lipinski definition) is 4. The monoisotopic (exact) mass is 271 g/mol. The Kier molecular flexibility index (Phi) is 4.43. The second-order valence-electron chi connectivity index (χ2n) is 5.45. The molecule has 2 heterocycles. The summed E-state index contributed by atoms with van der Waals surface area (Å²) < 4.78 is 5.34. The molecule has 0 saturated carbocycles. The van der Waals surface area contributed by atoms with Crippen LogP contribution in [0.15, 0.2) is 34.9 Å². The quantitative estimate of drug-likeness (QED) is 0.908. The average Bonchev–Trinajstić information content (AvgIpc) is 2.95. The Labute approximate surface area is 119 Å². The minimum Gasteiger partial charge on any atom is -0.339 e. The molecule has 4 nitrogen and oxygen atoms in total. The summed E-state index contributed by atoms with van der Waals surface area (Å²) in [7, 11) is 0. The van der Waals surface area contributed by atoms with Gasteiger partial charge in [-0.1, -0.05) is 41.9 Å². The minimum absolute atomic E-state index is 0.619. The van der Waals surface area contributed by atoms with Crippen molar-refractivity contribution in [3.8, 4) is 0 Å². The van der Waals surface area contributed by atoms with Crippen LogP contribution in [-0.2, 0) is 12.8 Å². The van der Waals surface area contributed by atoms with Crippen LogP contribution in [0.5, 0.6) is 0 Å². The van der Waals surface area contributed by atoms with Crippen LogP contribution in [0.1, 0.15) is 43.0 Å². The van der Waals surface area contributed by atoms with Crippen LogP contribution in [0.3, 0.4) is 0 Å². The van der Waals surface area contributed by atoms with Gasteiger partial charge in [0.2, 0.25) is 5.89 Å². The van der Waals surface area contributed by atoms with Crippen molar-refractivity contribution < 1.29 is 4.52 Å². The van der Waals surface area contributed by atoms with Crippen molar-refractivity contribution in [2.24, 2.45) is 0 Å². The summed E-state index contributed by atoms with van der Waals surface area (Å²) in [5, 5.41) is 7.61. The van der Waals surface area contributed by atoms with Gasteiger partial charge in [-0.25, -0.2) is 0 Å². The fourth-order valence-electron chi connectivity index (χ4n) is 2.71. The maximum Gasteiger partial charge on any atom is 0.226 e. The van der Waals surface area contributed by atoms with Crippen molar-refractivity contribution in [1.82, 2.24) is 15.5 Å². The molecule has 2 aromatic rings. The molecule has 106 valence electrons. The number of aryl methyl sites for hydroxylation is 1. The van der Waals surface area contributed by atoms with Crippen LogP contribution in [0, 0.1) is 0 Å². The Bertz CT molecular complexity index is 518. The lowest BCUT2D eigenvalue weighted by atomic mass is 10.0. The van der Waals surface area contributed by atoms with E-state index in [1.807, 2.05) is 18.2 Å². The molecule has 0 aliphatic carbocycles. The highest BCUT2D eigenvalue weighted by atomic mass is 16.5. The molecule has 1 fully saturated rings. The normalized spacial score (nSPS) is 19.1. The molecule has 1 aliphatic rings. The predicted molar refractivity (Wildman–Crippen MR) is 77.5 cm³/mol. The van der Waals surface area contributed by atoms with Crippen molar-refractivity contribution in [1.29, 1.82) is 0 Å². The molecular weight excluding hydrogens is 250 g/mol. The van der Waals surface area contributed by atoms with E-state index in [4.69, 9.17) is 4.52 Å². The molecule has 0 amide bonds. The van der Waals surface area contributed by atoms with E-state index in [1.54, 1.807) is 0 Å². The molecule has 1 aromatic carbocycles. The molecule has 20 heavy (non-hydrogen) atoms. The molecule has 1 aliphatic heterocycles. The highest BCUT2D eigenvalue weighted by molar-refractivity contribution is 5.18. The number of benzene rings is 1. The summed E-state index contributed by atoms with van der Waals surface area (Å²) in [6.07, 6.45) is 6.61. The molecule has 1 saturated heterocycles. The van der Waals surface area contributed by atoms with Gasteiger partial charge in [0.05, 0.1) is 0 Å². The van der Waals surface area contributed by atoms with Crippen molar-refractivity contribution in [3.63, 3.8) is 0 Å². The maximum absolute atomic E-state index is 5.34. The van der Waals surface area contributed by atoms with Crippen LogP contribution >= 0.6 is 0 Å². The SMILES string of the molecule is c1ccc(Cc2noc(CCC3CCCCN3)n2)cc1. The zero-order chi connectivity index (χ0) is 13.6. The van der Waals surface area contributed by atoms with Crippen LogP contribution < -0.4 is 5.32 Å². The highest BCUT2D eigenvalue weighted by Gasteiger charge is 2.14. The number of hydrogen-bond donors (Lipinski definition) is 1. The van der Waals surface area contributed by atoms with Gasteiger partial charge in [0.1, 0.15) is 0 Å². The van der Waals surface area contributed by atoms with Crippen LogP contribution in [0.4, 0.5) is 0 Å². The smallest absolute Gasteiger partial charge is 0.226 e. The first-order valence-corrected chi connectivity index (χ1v) is 7.49. The Balaban J connectivity index is 1.51. The van der Waals surface area contributed by atoms with Crippen molar-refractivity contribution in [3.05, 3.63) is 47.6 Å². The second-order valence-corrected chi connectivity index (χ2v) is 5.45. The maximum atomic E-state index is 5.34. The summed E-state index contributed by atoms with van der Waals surface area (Å²) in [5.74, 6) is 1.55. The van der Waals surface area contributed by atoms with E-state index in [1.165, 1.54) is 24.8 Å². The molecular formula is C16H21N3O.